The quantitative estimate of drug-likeness (QED) is 0.883. The zero-order chi connectivity index (χ0) is 14.8. The Hall–Kier alpha value is -1.15. The van der Waals surface area contributed by atoms with Crippen LogP contribution in [0.15, 0.2) is 34.5 Å². The monoisotopic (exact) mass is 335 g/mol. The van der Waals surface area contributed by atoms with Gasteiger partial charge in [-0.3, -0.25) is 4.72 Å². The highest BCUT2D eigenvalue weighted by molar-refractivity contribution is 7.94. The minimum Gasteiger partial charge on any atom is -0.396 e. The first-order chi connectivity index (χ1) is 9.42. The van der Waals surface area contributed by atoms with Gasteiger partial charge in [-0.15, -0.1) is 11.3 Å². The number of benzene rings is 1. The summed E-state index contributed by atoms with van der Waals surface area (Å²) in [5.74, 6) is -0.615. The third kappa shape index (κ3) is 3.49. The Morgan fingerprint density at radius 3 is 2.70 bits per heavy atom. The van der Waals surface area contributed by atoms with Crippen LogP contribution in [-0.2, 0) is 16.4 Å². The minimum atomic E-state index is -3.73. The molecule has 0 aliphatic rings. The molecule has 0 atom stereocenters. The molecule has 0 spiro atoms. The highest BCUT2D eigenvalue weighted by Gasteiger charge is 2.17. The second-order valence-corrected chi connectivity index (χ2v) is 7.41. The lowest BCUT2D eigenvalue weighted by molar-refractivity contribution is 0.300. The second kappa shape index (κ2) is 6.09. The fourth-order valence-corrected chi connectivity index (χ4v) is 4.09. The number of anilines is 1. The number of halogens is 2. The zero-order valence-corrected chi connectivity index (χ0v) is 12.5. The van der Waals surface area contributed by atoms with Gasteiger partial charge in [0.25, 0.3) is 10.0 Å². The molecule has 1 aromatic heterocycles. The molecule has 0 aliphatic carbocycles. The van der Waals surface area contributed by atoms with Crippen LogP contribution >= 0.6 is 22.9 Å². The van der Waals surface area contributed by atoms with Crippen molar-refractivity contribution >= 4 is 38.6 Å². The molecule has 0 radical (unpaired) electrons. The number of thiophene rings is 1. The Morgan fingerprint density at radius 1 is 1.30 bits per heavy atom. The van der Waals surface area contributed by atoms with Gasteiger partial charge in [0.2, 0.25) is 0 Å². The molecule has 0 saturated heterocycles. The SMILES string of the molecule is O=S(=O)(Nc1ccc(F)c(Cl)c1)c1ccc(CCO)s1. The van der Waals surface area contributed by atoms with Crippen LogP contribution in [0.2, 0.25) is 5.02 Å². The van der Waals surface area contributed by atoms with Crippen LogP contribution in [0.5, 0.6) is 0 Å². The summed E-state index contributed by atoms with van der Waals surface area (Å²) in [6.45, 7) is -0.0407. The van der Waals surface area contributed by atoms with Crippen LogP contribution < -0.4 is 4.72 Å². The van der Waals surface area contributed by atoms with Crippen LogP contribution in [0.1, 0.15) is 4.88 Å². The first-order valence-corrected chi connectivity index (χ1v) is 8.27. The smallest absolute Gasteiger partial charge is 0.271 e. The maximum absolute atomic E-state index is 13.0. The molecule has 0 saturated carbocycles. The van der Waals surface area contributed by atoms with E-state index < -0.39 is 15.8 Å². The van der Waals surface area contributed by atoms with Crippen molar-refractivity contribution in [2.24, 2.45) is 0 Å². The van der Waals surface area contributed by atoms with Gasteiger partial charge >= 0.3 is 0 Å². The predicted octanol–water partition coefficient (Wildman–Crippen LogP) is 2.88. The first kappa shape index (κ1) is 15.2. The van der Waals surface area contributed by atoms with E-state index in [4.69, 9.17) is 16.7 Å². The summed E-state index contributed by atoms with van der Waals surface area (Å²) >= 11 is 6.67. The van der Waals surface area contributed by atoms with E-state index in [2.05, 4.69) is 4.72 Å². The average molecular weight is 336 g/mol. The molecule has 4 nitrogen and oxygen atoms in total. The molecule has 0 unspecified atom stereocenters. The van der Waals surface area contributed by atoms with Gasteiger partial charge in [0.1, 0.15) is 10.0 Å². The van der Waals surface area contributed by atoms with Crippen LogP contribution in [0.4, 0.5) is 10.1 Å². The van der Waals surface area contributed by atoms with Crippen LogP contribution in [0.25, 0.3) is 0 Å². The van der Waals surface area contributed by atoms with E-state index >= 15 is 0 Å². The van der Waals surface area contributed by atoms with Gasteiger partial charge in [-0.05, 0) is 30.3 Å². The van der Waals surface area contributed by atoms with Crippen LogP contribution in [-0.4, -0.2) is 20.1 Å². The van der Waals surface area contributed by atoms with E-state index in [0.717, 1.165) is 22.3 Å². The molecule has 0 amide bonds. The Balaban J connectivity index is 2.23. The van der Waals surface area contributed by atoms with Crippen LogP contribution in [0.3, 0.4) is 0 Å². The van der Waals surface area contributed by atoms with Crippen molar-refractivity contribution in [1.29, 1.82) is 0 Å². The third-order valence-corrected chi connectivity index (χ3v) is 5.74. The Labute approximate surface area is 124 Å². The van der Waals surface area contributed by atoms with Gasteiger partial charge in [-0.2, -0.15) is 0 Å². The molecule has 1 heterocycles. The minimum absolute atomic E-state index is 0.0407. The van der Waals surface area contributed by atoms with E-state index in [1.54, 1.807) is 6.07 Å². The summed E-state index contributed by atoms with van der Waals surface area (Å²) in [5.41, 5.74) is 0.188. The summed E-state index contributed by atoms with van der Waals surface area (Å²) in [4.78, 5) is 0.769. The topological polar surface area (TPSA) is 66.4 Å². The van der Waals surface area contributed by atoms with Crippen molar-refractivity contribution in [2.75, 3.05) is 11.3 Å². The number of aliphatic hydroxyl groups excluding tert-OH is 1. The molecule has 1 aromatic carbocycles. The highest BCUT2D eigenvalue weighted by Crippen LogP contribution is 2.26. The first-order valence-electron chi connectivity index (χ1n) is 5.60. The average Bonchev–Trinajstić information content (AvgIpc) is 2.83. The Bertz CT molecular complexity index is 715. The summed E-state index contributed by atoms with van der Waals surface area (Å²) in [7, 11) is -3.73. The number of nitrogens with one attached hydrogen (secondary N) is 1. The number of hydrogen-bond donors (Lipinski definition) is 2. The van der Waals surface area contributed by atoms with Crippen molar-refractivity contribution in [3.05, 3.63) is 46.0 Å². The van der Waals surface area contributed by atoms with Gasteiger partial charge in [-0.25, -0.2) is 12.8 Å². The van der Waals surface area contributed by atoms with Gasteiger partial charge < -0.3 is 5.11 Å². The number of rotatable bonds is 5. The highest BCUT2D eigenvalue weighted by atomic mass is 35.5. The summed E-state index contributed by atoms with van der Waals surface area (Å²) in [6, 6.07) is 6.69. The van der Waals surface area contributed by atoms with Crippen molar-refractivity contribution in [1.82, 2.24) is 0 Å². The predicted molar refractivity (Wildman–Crippen MR) is 77.3 cm³/mol. The largest absolute Gasteiger partial charge is 0.396 e. The fraction of sp³-hybridized carbons (Fsp3) is 0.167. The molecule has 2 aromatic rings. The molecular formula is C12H11ClFNO3S2. The van der Waals surface area contributed by atoms with Gasteiger partial charge in [0.15, 0.2) is 0 Å². The normalized spacial score (nSPS) is 11.6. The molecule has 20 heavy (non-hydrogen) atoms. The van der Waals surface area contributed by atoms with Crippen molar-refractivity contribution in [3.8, 4) is 0 Å². The molecule has 2 rings (SSSR count). The lowest BCUT2D eigenvalue weighted by atomic mass is 10.3. The molecule has 108 valence electrons. The number of hydrogen-bond acceptors (Lipinski definition) is 4. The maximum Gasteiger partial charge on any atom is 0.271 e. The van der Waals surface area contributed by atoms with Crippen molar-refractivity contribution in [3.63, 3.8) is 0 Å². The third-order valence-electron chi connectivity index (χ3n) is 2.43. The van der Waals surface area contributed by atoms with E-state index in [9.17, 15) is 12.8 Å². The molecular weight excluding hydrogens is 325 g/mol. The molecule has 0 fully saturated rings. The number of aliphatic hydroxyl groups is 1. The Morgan fingerprint density at radius 2 is 2.05 bits per heavy atom. The molecule has 0 bridgehead atoms. The van der Waals surface area contributed by atoms with Crippen LogP contribution in [0, 0.1) is 5.82 Å². The van der Waals surface area contributed by atoms with E-state index in [1.807, 2.05) is 0 Å². The zero-order valence-electron chi connectivity index (χ0n) is 10.1. The second-order valence-electron chi connectivity index (χ2n) is 3.93. The molecule has 8 heteroatoms. The van der Waals surface area contributed by atoms with Crippen molar-refractivity contribution < 1.29 is 17.9 Å². The lowest BCUT2D eigenvalue weighted by Gasteiger charge is -2.06. The van der Waals surface area contributed by atoms with E-state index in [1.165, 1.54) is 18.2 Å². The molecule has 0 aliphatic heterocycles. The van der Waals surface area contributed by atoms with Gasteiger partial charge in [0, 0.05) is 17.9 Å². The summed E-state index contributed by atoms with van der Waals surface area (Å²) in [5, 5.41) is 8.66. The van der Waals surface area contributed by atoms with E-state index in [0.29, 0.717) is 6.42 Å². The van der Waals surface area contributed by atoms with Crippen molar-refractivity contribution in [2.45, 2.75) is 10.6 Å². The van der Waals surface area contributed by atoms with Gasteiger partial charge in [-0.1, -0.05) is 11.6 Å². The molecule has 2 N–H and O–H groups in total. The fourth-order valence-electron chi connectivity index (χ4n) is 1.51. The summed E-state index contributed by atoms with van der Waals surface area (Å²) in [6.07, 6.45) is 0.405. The standard InChI is InChI=1S/C12H11ClFNO3S2/c13-10-7-8(1-3-11(10)14)15-20(17,18)12-4-2-9(19-12)5-6-16/h1-4,7,15-16H,5-6H2. The number of sulfonamides is 1. The lowest BCUT2D eigenvalue weighted by Crippen LogP contribution is -2.11. The van der Waals surface area contributed by atoms with Gasteiger partial charge in [0.05, 0.1) is 10.7 Å². The maximum atomic E-state index is 13.0. The Kier molecular flexibility index (Phi) is 4.64. The summed E-state index contributed by atoms with van der Waals surface area (Å²) < 4.78 is 39.7. The van der Waals surface area contributed by atoms with E-state index in [-0.39, 0.29) is 21.5 Å².